The predicted octanol–water partition coefficient (Wildman–Crippen LogP) is 2.12. The average Bonchev–Trinajstić information content (AvgIpc) is 2.48. The van der Waals surface area contributed by atoms with Crippen LogP contribution >= 0.6 is 11.3 Å². The Morgan fingerprint density at radius 2 is 2.17 bits per heavy atom. The molecule has 0 bridgehead atoms. The van der Waals surface area contributed by atoms with E-state index in [4.69, 9.17) is 5.11 Å². The lowest BCUT2D eigenvalue weighted by molar-refractivity contribution is 0.0975. The molecule has 0 unspecified atom stereocenters. The van der Waals surface area contributed by atoms with Crippen molar-refractivity contribution in [2.24, 2.45) is 0 Å². The zero-order chi connectivity index (χ0) is 8.72. The van der Waals surface area contributed by atoms with Gasteiger partial charge in [-0.2, -0.15) is 0 Å². The molecule has 0 saturated heterocycles. The molecule has 0 aromatic carbocycles. The molecule has 1 aliphatic rings. The van der Waals surface area contributed by atoms with Crippen molar-refractivity contribution in [2.45, 2.75) is 6.42 Å². The molecule has 62 valence electrons. The fourth-order valence-corrected chi connectivity index (χ4v) is 2.05. The quantitative estimate of drug-likeness (QED) is 0.646. The summed E-state index contributed by atoms with van der Waals surface area (Å²) in [6, 6.07) is 1.66. The lowest BCUT2D eigenvalue weighted by Crippen LogP contribution is -2.09. The summed E-state index contributed by atoms with van der Waals surface area (Å²) in [6.07, 6.45) is -0.0877. The maximum Gasteiger partial charge on any atom is 0.172 e. The van der Waals surface area contributed by atoms with Gasteiger partial charge in [0.2, 0.25) is 0 Å². The molecule has 1 heterocycles. The van der Waals surface area contributed by atoms with Crippen molar-refractivity contribution < 1.29 is 15.0 Å². The Morgan fingerprint density at radius 3 is 2.92 bits per heavy atom. The van der Waals surface area contributed by atoms with Gasteiger partial charge in [0.25, 0.3) is 0 Å². The van der Waals surface area contributed by atoms with Crippen LogP contribution in [0.3, 0.4) is 0 Å². The van der Waals surface area contributed by atoms with Crippen molar-refractivity contribution in [3.63, 3.8) is 0 Å². The van der Waals surface area contributed by atoms with Crippen LogP contribution in [0.2, 0.25) is 0 Å². The minimum absolute atomic E-state index is 0.0877. The Morgan fingerprint density at radius 1 is 1.42 bits per heavy atom. The molecule has 0 atom stereocenters. The summed E-state index contributed by atoms with van der Waals surface area (Å²) in [5.41, 5.74) is 0.510. The maximum atomic E-state index is 11.2. The van der Waals surface area contributed by atoms with E-state index < -0.39 is 0 Å². The molecular formula is C8H6O3S. The molecule has 0 radical (unpaired) electrons. The minimum Gasteiger partial charge on any atom is -0.508 e. The first-order chi connectivity index (χ1) is 5.70. The monoisotopic (exact) mass is 182 g/mol. The Balaban J connectivity index is 2.67. The lowest BCUT2D eigenvalue weighted by Gasteiger charge is -2.10. The normalized spacial score (nSPS) is 16.5. The number of hydrogen-bond acceptors (Lipinski definition) is 4. The van der Waals surface area contributed by atoms with Gasteiger partial charge in [-0.15, -0.1) is 11.3 Å². The molecule has 2 N–H and O–H groups in total. The van der Waals surface area contributed by atoms with Crippen molar-refractivity contribution >= 4 is 22.9 Å². The molecule has 0 fully saturated rings. The van der Waals surface area contributed by atoms with E-state index in [9.17, 15) is 9.90 Å². The van der Waals surface area contributed by atoms with Crippen LogP contribution in [0.1, 0.15) is 21.7 Å². The number of hydrogen-bond donors (Lipinski definition) is 2. The molecular weight excluding hydrogens is 176 g/mol. The Hall–Kier alpha value is -1.29. The number of aliphatic hydroxyl groups excluding tert-OH is 2. The molecule has 12 heavy (non-hydrogen) atoms. The molecule has 0 spiro atoms. The molecule has 4 heteroatoms. The zero-order valence-corrected chi connectivity index (χ0v) is 6.89. The van der Waals surface area contributed by atoms with Crippen molar-refractivity contribution in [3.8, 4) is 0 Å². The van der Waals surface area contributed by atoms with Gasteiger partial charge in [0.15, 0.2) is 11.5 Å². The number of carbonyl (C=O) groups excluding carboxylic acids is 1. The Labute approximate surface area is 72.6 Å². The summed E-state index contributed by atoms with van der Waals surface area (Å²) in [4.78, 5) is 11.7. The zero-order valence-electron chi connectivity index (χ0n) is 6.07. The summed E-state index contributed by atoms with van der Waals surface area (Å²) in [6.45, 7) is 0. The van der Waals surface area contributed by atoms with E-state index >= 15 is 0 Å². The molecule has 3 nitrogen and oxygen atoms in total. The standard InChI is InChI=1S/C8H6O3S/c9-5-3-6(10)7(11)8-4(5)1-2-12-8/h1-2,10-11H,3H2. The van der Waals surface area contributed by atoms with Crippen molar-refractivity contribution in [1.82, 2.24) is 0 Å². The maximum absolute atomic E-state index is 11.2. The first-order valence-electron chi connectivity index (χ1n) is 3.42. The van der Waals surface area contributed by atoms with E-state index in [0.29, 0.717) is 10.4 Å². The Kier molecular flexibility index (Phi) is 1.44. The van der Waals surface area contributed by atoms with Gasteiger partial charge < -0.3 is 10.2 Å². The third kappa shape index (κ3) is 0.848. The highest BCUT2D eigenvalue weighted by Gasteiger charge is 2.25. The summed E-state index contributed by atoms with van der Waals surface area (Å²) in [5, 5.41) is 20.2. The largest absolute Gasteiger partial charge is 0.508 e. The van der Waals surface area contributed by atoms with Gasteiger partial charge in [-0.25, -0.2) is 0 Å². The second-order valence-corrected chi connectivity index (χ2v) is 3.47. The number of fused-ring (bicyclic) bond motifs is 1. The second-order valence-electron chi connectivity index (χ2n) is 2.56. The third-order valence-corrected chi connectivity index (χ3v) is 2.70. The third-order valence-electron chi connectivity index (χ3n) is 1.78. The van der Waals surface area contributed by atoms with E-state index in [0.717, 1.165) is 0 Å². The first-order valence-corrected chi connectivity index (χ1v) is 4.30. The van der Waals surface area contributed by atoms with Gasteiger partial charge in [-0.1, -0.05) is 0 Å². The topological polar surface area (TPSA) is 57.5 Å². The fraction of sp³-hybridized carbons (Fsp3) is 0.125. The number of rotatable bonds is 0. The van der Waals surface area contributed by atoms with Crippen LogP contribution in [0.4, 0.5) is 0 Å². The van der Waals surface area contributed by atoms with Gasteiger partial charge in [0.1, 0.15) is 5.76 Å². The molecule has 0 aliphatic heterocycles. The highest BCUT2D eigenvalue weighted by atomic mass is 32.1. The predicted molar refractivity (Wildman–Crippen MR) is 45.4 cm³/mol. The van der Waals surface area contributed by atoms with Crippen LogP contribution in [0.5, 0.6) is 0 Å². The van der Waals surface area contributed by atoms with Crippen LogP contribution in [0.25, 0.3) is 5.76 Å². The lowest BCUT2D eigenvalue weighted by atomic mass is 10.0. The number of allylic oxidation sites excluding steroid dienone is 1. The average molecular weight is 182 g/mol. The molecule has 0 amide bonds. The SMILES string of the molecule is O=C1CC(O)=C(O)c2sccc21. The van der Waals surface area contributed by atoms with E-state index in [-0.39, 0.29) is 23.7 Å². The number of ketones is 1. The van der Waals surface area contributed by atoms with E-state index in [2.05, 4.69) is 0 Å². The van der Waals surface area contributed by atoms with Gasteiger partial charge >= 0.3 is 0 Å². The fourth-order valence-electron chi connectivity index (χ4n) is 1.17. The molecule has 1 aromatic heterocycles. The highest BCUT2D eigenvalue weighted by molar-refractivity contribution is 7.11. The minimum atomic E-state index is -0.227. The highest BCUT2D eigenvalue weighted by Crippen LogP contribution is 2.32. The second kappa shape index (κ2) is 2.35. The van der Waals surface area contributed by atoms with Gasteiger partial charge in [0, 0.05) is 5.56 Å². The summed E-state index contributed by atoms with van der Waals surface area (Å²) >= 11 is 1.25. The summed E-state index contributed by atoms with van der Waals surface area (Å²) in [7, 11) is 0. The van der Waals surface area contributed by atoms with Gasteiger partial charge in [-0.05, 0) is 11.4 Å². The van der Waals surface area contributed by atoms with Crippen LogP contribution in [0, 0.1) is 0 Å². The van der Waals surface area contributed by atoms with Crippen molar-refractivity contribution in [2.75, 3.05) is 0 Å². The number of carbonyl (C=O) groups is 1. The number of aliphatic hydroxyl groups is 2. The summed E-state index contributed by atoms with van der Waals surface area (Å²) < 4.78 is 0. The van der Waals surface area contributed by atoms with Crippen LogP contribution in [0.15, 0.2) is 17.2 Å². The van der Waals surface area contributed by atoms with Crippen LogP contribution < -0.4 is 0 Å². The van der Waals surface area contributed by atoms with Crippen molar-refractivity contribution in [1.29, 1.82) is 0 Å². The molecule has 2 rings (SSSR count). The van der Waals surface area contributed by atoms with E-state index in [1.54, 1.807) is 11.4 Å². The van der Waals surface area contributed by atoms with Gasteiger partial charge in [-0.3, -0.25) is 4.79 Å². The molecule has 0 saturated carbocycles. The van der Waals surface area contributed by atoms with Crippen LogP contribution in [-0.2, 0) is 0 Å². The number of Topliss-reactive ketones (excluding diaryl/α,β-unsaturated/α-hetero) is 1. The van der Waals surface area contributed by atoms with E-state index in [1.807, 2.05) is 0 Å². The number of thiophene rings is 1. The molecule has 1 aromatic rings. The Bertz CT molecular complexity index is 375. The van der Waals surface area contributed by atoms with E-state index in [1.165, 1.54) is 11.3 Å². The van der Waals surface area contributed by atoms with Crippen molar-refractivity contribution in [3.05, 3.63) is 27.6 Å². The van der Waals surface area contributed by atoms with Gasteiger partial charge in [0.05, 0.1) is 11.3 Å². The first kappa shape index (κ1) is 7.36. The molecule has 1 aliphatic carbocycles. The summed E-state index contributed by atoms with van der Waals surface area (Å²) in [5.74, 6) is -0.517. The van der Waals surface area contributed by atoms with Crippen LogP contribution in [-0.4, -0.2) is 16.0 Å². The smallest absolute Gasteiger partial charge is 0.172 e.